The molecule has 13 aromatic rings. The minimum absolute atomic E-state index is 0.0973. The first-order valence-corrected chi connectivity index (χ1v) is 28.2. The predicted molar refractivity (Wildman–Crippen MR) is 340 cm³/mol. The van der Waals surface area contributed by atoms with Gasteiger partial charge in [0.2, 0.25) is 0 Å². The van der Waals surface area contributed by atoms with Gasteiger partial charge < -0.3 is 9.13 Å². The van der Waals surface area contributed by atoms with E-state index in [0.29, 0.717) is 16.7 Å². The van der Waals surface area contributed by atoms with Crippen LogP contribution in [0.3, 0.4) is 0 Å². The zero-order chi connectivity index (χ0) is 58.5. The molecule has 406 valence electrons. The van der Waals surface area contributed by atoms with Crippen molar-refractivity contribution in [3.8, 4) is 90.3 Å². The van der Waals surface area contributed by atoms with E-state index in [1.165, 1.54) is 50.6 Å². The van der Waals surface area contributed by atoms with Crippen LogP contribution in [-0.2, 0) is 6.18 Å². The number of nitriles is 2. The van der Waals surface area contributed by atoms with E-state index in [1.807, 2.05) is 36.4 Å². The van der Waals surface area contributed by atoms with Gasteiger partial charge in [-0.3, -0.25) is 0 Å². The maximum Gasteiger partial charge on any atom is 0.416 e. The molecule has 0 aliphatic heterocycles. The highest BCUT2D eigenvalue weighted by Crippen LogP contribution is 2.46. The van der Waals surface area contributed by atoms with Gasteiger partial charge in [0.05, 0.1) is 62.3 Å². The fourth-order valence-electron chi connectivity index (χ4n) is 13.0. The molecule has 84 heavy (non-hydrogen) atoms. The normalized spacial score (nSPS) is 11.7. The highest BCUT2D eigenvalue weighted by atomic mass is 19.4. The molecule has 7 heteroatoms. The van der Waals surface area contributed by atoms with Crippen LogP contribution in [-0.4, -0.2) is 9.13 Å². The molecule has 0 saturated heterocycles. The molecule has 2 heterocycles. The fourth-order valence-corrected chi connectivity index (χ4v) is 13.0. The second kappa shape index (κ2) is 20.3. The first-order valence-electron chi connectivity index (χ1n) is 28.2. The Morgan fingerprint density at radius 2 is 0.655 bits per heavy atom. The third-order valence-corrected chi connectivity index (χ3v) is 16.4. The first-order chi connectivity index (χ1) is 40.4. The lowest BCUT2D eigenvalue weighted by atomic mass is 9.92. The highest BCUT2D eigenvalue weighted by molar-refractivity contribution is 6.14. The largest absolute Gasteiger partial charge is 0.416 e. The van der Waals surface area contributed by atoms with Crippen LogP contribution in [0.5, 0.6) is 0 Å². The van der Waals surface area contributed by atoms with Crippen LogP contribution in [0.4, 0.5) is 13.2 Å². The summed E-state index contributed by atoms with van der Waals surface area (Å²) >= 11 is 0. The molecule has 0 aliphatic rings. The van der Waals surface area contributed by atoms with E-state index in [9.17, 15) is 23.7 Å². The quantitative estimate of drug-likeness (QED) is 0.152. The number of hydrogen-bond donors (Lipinski definition) is 0. The molecule has 0 aliphatic carbocycles. The van der Waals surface area contributed by atoms with Gasteiger partial charge in [0.15, 0.2) is 0 Å². The lowest BCUT2D eigenvalue weighted by molar-refractivity contribution is -0.137. The Labute approximate surface area is 487 Å². The monoisotopic (exact) mass is 1090 g/mol. The number of alkyl halides is 3. The van der Waals surface area contributed by atoms with E-state index in [4.69, 9.17) is 0 Å². The molecule has 4 nitrogen and oxygen atoms in total. The van der Waals surface area contributed by atoms with Gasteiger partial charge in [-0.05, 0) is 196 Å². The van der Waals surface area contributed by atoms with Crippen molar-refractivity contribution in [3.05, 3.63) is 261 Å². The van der Waals surface area contributed by atoms with Gasteiger partial charge in [-0.2, -0.15) is 23.7 Å². The number of halogens is 3. The third kappa shape index (κ3) is 9.48. The standard InChI is InChI=1S/C77H57F3N4/c1-44-23-45(2)28-58(27-44)53-10-18-72-67(37-53)68-38-54(59-29-46(3)24-47(4)30-59)11-19-73(68)83(72)71-22-14-57(64-17-15-63(77(78,79)80)36-62(64)43-82)41-66(71)65-16-9-52(42-81)35-76(65)84-74-20-12-55(60-31-48(5)25-49(6)32-60)39-69(74)70-40-56(13-21-75(70)84)61-33-50(7)26-51(8)34-61/h9-41H,1-8H3. The molecule has 0 amide bonds. The minimum atomic E-state index is -4.65. The number of hydrogen-bond acceptors (Lipinski definition) is 2. The molecular weight excluding hydrogens is 1040 g/mol. The first kappa shape index (κ1) is 53.1. The Balaban J connectivity index is 1.13. The van der Waals surface area contributed by atoms with E-state index in [-0.39, 0.29) is 5.56 Å². The average molecular weight is 1100 g/mol. The smallest absolute Gasteiger partial charge is 0.309 e. The maximum absolute atomic E-state index is 14.3. The van der Waals surface area contributed by atoms with Crippen molar-refractivity contribution in [1.82, 2.24) is 9.13 Å². The number of aryl methyl sites for hydroxylation is 8. The molecular formula is C77H57F3N4. The van der Waals surface area contributed by atoms with E-state index in [0.717, 1.165) is 123 Å². The summed E-state index contributed by atoms with van der Waals surface area (Å²) in [5.74, 6) is 0. The van der Waals surface area contributed by atoms with Gasteiger partial charge in [-0.25, -0.2) is 0 Å². The highest BCUT2D eigenvalue weighted by Gasteiger charge is 2.32. The second-order valence-electron chi connectivity index (χ2n) is 23.0. The van der Waals surface area contributed by atoms with Gasteiger partial charge in [-0.1, -0.05) is 160 Å². The van der Waals surface area contributed by atoms with Crippen LogP contribution in [0.25, 0.3) is 122 Å². The van der Waals surface area contributed by atoms with Crippen molar-refractivity contribution in [2.45, 2.75) is 61.6 Å². The summed E-state index contributed by atoms with van der Waals surface area (Å²) in [7, 11) is 0. The number of rotatable bonds is 8. The molecule has 0 atom stereocenters. The lowest BCUT2D eigenvalue weighted by Crippen LogP contribution is -2.05. The summed E-state index contributed by atoms with van der Waals surface area (Å²) in [4.78, 5) is 0. The molecule has 0 unspecified atom stereocenters. The Bertz CT molecular complexity index is 4710. The second-order valence-corrected chi connectivity index (χ2v) is 23.0. The number of benzene rings is 11. The number of nitrogens with zero attached hydrogens (tertiary/aromatic N) is 4. The summed E-state index contributed by atoms with van der Waals surface area (Å²) in [6.45, 7) is 17.0. The van der Waals surface area contributed by atoms with Crippen LogP contribution < -0.4 is 0 Å². The van der Waals surface area contributed by atoms with E-state index in [1.54, 1.807) is 0 Å². The van der Waals surface area contributed by atoms with Gasteiger partial charge in [0.1, 0.15) is 0 Å². The van der Waals surface area contributed by atoms with Crippen LogP contribution in [0, 0.1) is 78.1 Å². The van der Waals surface area contributed by atoms with E-state index in [2.05, 4.69) is 222 Å². The van der Waals surface area contributed by atoms with Crippen molar-refractivity contribution in [2.75, 3.05) is 0 Å². The molecule has 0 radical (unpaired) electrons. The SMILES string of the molecule is Cc1cc(C)cc(-c2ccc3c(c2)c2cc(-c4cc(C)cc(C)c4)ccc2n3-c2ccc(-c3ccc(C(F)(F)F)cc3C#N)cc2-c2ccc(C#N)cc2-n2c3ccc(-c4cc(C)cc(C)c4)cc3c3cc(-c4cc(C)cc(C)c4)ccc32)c1. The Kier molecular flexibility index (Phi) is 12.9. The van der Waals surface area contributed by atoms with Crippen molar-refractivity contribution in [1.29, 1.82) is 10.5 Å². The Morgan fingerprint density at radius 3 is 1.01 bits per heavy atom. The topological polar surface area (TPSA) is 57.4 Å². The Hall–Kier alpha value is -10.2. The molecule has 0 fully saturated rings. The van der Waals surface area contributed by atoms with Crippen molar-refractivity contribution >= 4 is 43.6 Å². The lowest BCUT2D eigenvalue weighted by Gasteiger charge is -2.20. The summed E-state index contributed by atoms with van der Waals surface area (Å²) < 4.78 is 47.5. The summed E-state index contributed by atoms with van der Waals surface area (Å²) in [6, 6.07) is 72.6. The van der Waals surface area contributed by atoms with Gasteiger partial charge in [-0.15, -0.1) is 0 Å². The summed E-state index contributed by atoms with van der Waals surface area (Å²) in [5, 5.41) is 25.5. The molecule has 2 aromatic heterocycles. The number of fused-ring (bicyclic) bond motifs is 6. The van der Waals surface area contributed by atoms with Crippen LogP contribution >= 0.6 is 0 Å². The van der Waals surface area contributed by atoms with Gasteiger partial charge in [0.25, 0.3) is 0 Å². The predicted octanol–water partition coefficient (Wildman–Crippen LogP) is 21.1. The average Bonchev–Trinajstić information content (AvgIpc) is 1.80. The summed E-state index contributed by atoms with van der Waals surface area (Å²) in [6.07, 6.45) is -4.65. The van der Waals surface area contributed by atoms with Crippen molar-refractivity contribution < 1.29 is 13.2 Å². The molecule has 0 spiro atoms. The van der Waals surface area contributed by atoms with Crippen molar-refractivity contribution in [3.63, 3.8) is 0 Å². The molecule has 0 bridgehead atoms. The maximum atomic E-state index is 14.3. The van der Waals surface area contributed by atoms with Crippen LogP contribution in [0.15, 0.2) is 200 Å². The summed E-state index contributed by atoms with van der Waals surface area (Å²) in [5.41, 5.74) is 25.3. The molecule has 0 N–H and O–H groups in total. The zero-order valence-electron chi connectivity index (χ0n) is 48.0. The minimum Gasteiger partial charge on any atom is -0.309 e. The van der Waals surface area contributed by atoms with E-state index >= 15 is 0 Å². The molecule has 13 rings (SSSR count). The van der Waals surface area contributed by atoms with Crippen LogP contribution in [0.1, 0.15) is 61.2 Å². The zero-order valence-corrected chi connectivity index (χ0v) is 48.0. The fraction of sp³-hybridized carbons (Fsp3) is 0.117. The third-order valence-electron chi connectivity index (χ3n) is 16.4. The van der Waals surface area contributed by atoms with E-state index < -0.39 is 11.7 Å². The van der Waals surface area contributed by atoms with Crippen molar-refractivity contribution in [2.24, 2.45) is 0 Å². The number of aromatic nitrogens is 2. The Morgan fingerprint density at radius 1 is 0.298 bits per heavy atom. The molecule has 11 aromatic carbocycles. The van der Waals surface area contributed by atoms with Gasteiger partial charge >= 0.3 is 6.18 Å². The molecule has 0 saturated carbocycles. The van der Waals surface area contributed by atoms with Crippen LogP contribution in [0.2, 0.25) is 0 Å². The van der Waals surface area contributed by atoms with Gasteiger partial charge in [0, 0.05) is 32.7 Å².